The van der Waals surface area contributed by atoms with Crippen LogP contribution in [0.25, 0.3) is 0 Å². The molecule has 1 heterocycles. The fourth-order valence-electron chi connectivity index (χ4n) is 1.79. The third-order valence-corrected chi connectivity index (χ3v) is 4.29. The van der Waals surface area contributed by atoms with Crippen molar-refractivity contribution in [3.05, 3.63) is 29.8 Å². The second-order valence-corrected chi connectivity index (χ2v) is 5.93. The van der Waals surface area contributed by atoms with Crippen LogP contribution in [0.15, 0.2) is 29.2 Å². The Morgan fingerprint density at radius 2 is 2.11 bits per heavy atom. The molecule has 6 heteroatoms. The molecule has 1 aliphatic rings. The first-order chi connectivity index (χ1) is 9.12. The summed E-state index contributed by atoms with van der Waals surface area (Å²) in [5, 5.41) is 0. The SMILES string of the molecule is NCC#Cc1ccc(S(=O)(=O)NC2CCOC2)cc1. The standard InChI is InChI=1S/C13H16N2O3S/c14-8-1-2-11-3-5-13(6-4-11)19(16,17)15-12-7-9-18-10-12/h3-6,12,15H,7-10,14H2. The van der Waals surface area contributed by atoms with Gasteiger partial charge in [-0.25, -0.2) is 13.1 Å². The summed E-state index contributed by atoms with van der Waals surface area (Å²) in [6.07, 6.45) is 0.708. The van der Waals surface area contributed by atoms with Crippen LogP contribution in [0.3, 0.4) is 0 Å². The van der Waals surface area contributed by atoms with Gasteiger partial charge in [-0.2, -0.15) is 0 Å². The minimum absolute atomic E-state index is 0.137. The highest BCUT2D eigenvalue weighted by Crippen LogP contribution is 2.13. The van der Waals surface area contributed by atoms with Crippen molar-refractivity contribution in [2.24, 2.45) is 5.73 Å². The number of rotatable bonds is 3. The molecule has 3 N–H and O–H groups in total. The van der Waals surface area contributed by atoms with Crippen LogP contribution in [-0.2, 0) is 14.8 Å². The van der Waals surface area contributed by atoms with Gasteiger partial charge in [-0.3, -0.25) is 0 Å². The van der Waals surface area contributed by atoms with Gasteiger partial charge in [-0.1, -0.05) is 11.8 Å². The highest BCUT2D eigenvalue weighted by atomic mass is 32.2. The van der Waals surface area contributed by atoms with Gasteiger partial charge in [0.05, 0.1) is 18.0 Å². The number of ether oxygens (including phenoxy) is 1. The van der Waals surface area contributed by atoms with E-state index in [1.54, 1.807) is 24.3 Å². The molecule has 1 aromatic rings. The van der Waals surface area contributed by atoms with Crippen molar-refractivity contribution in [3.8, 4) is 11.8 Å². The quantitative estimate of drug-likeness (QED) is 0.767. The van der Waals surface area contributed by atoms with E-state index >= 15 is 0 Å². The molecule has 0 aromatic heterocycles. The Morgan fingerprint density at radius 3 is 2.68 bits per heavy atom. The van der Waals surface area contributed by atoms with Crippen molar-refractivity contribution in [1.82, 2.24) is 4.72 Å². The molecule has 0 aliphatic carbocycles. The molecular weight excluding hydrogens is 264 g/mol. The average Bonchev–Trinajstić information content (AvgIpc) is 2.89. The molecule has 1 saturated heterocycles. The molecule has 0 amide bonds. The van der Waals surface area contributed by atoms with E-state index in [1.807, 2.05) is 0 Å². The number of hydrogen-bond acceptors (Lipinski definition) is 4. The van der Waals surface area contributed by atoms with Gasteiger partial charge in [0.15, 0.2) is 0 Å². The Balaban J connectivity index is 2.11. The number of hydrogen-bond donors (Lipinski definition) is 2. The molecular formula is C13H16N2O3S. The van der Waals surface area contributed by atoms with Crippen molar-refractivity contribution < 1.29 is 13.2 Å². The third kappa shape index (κ3) is 3.78. The predicted molar refractivity (Wildman–Crippen MR) is 71.9 cm³/mol. The highest BCUT2D eigenvalue weighted by molar-refractivity contribution is 7.89. The van der Waals surface area contributed by atoms with Crippen molar-refractivity contribution in [1.29, 1.82) is 0 Å². The maximum Gasteiger partial charge on any atom is 0.240 e. The minimum Gasteiger partial charge on any atom is -0.380 e. The Bertz CT molecular complexity index is 579. The molecule has 0 radical (unpaired) electrons. The van der Waals surface area contributed by atoms with Crippen LogP contribution < -0.4 is 10.5 Å². The van der Waals surface area contributed by atoms with Gasteiger partial charge >= 0.3 is 0 Å². The zero-order valence-corrected chi connectivity index (χ0v) is 11.2. The second kappa shape index (κ2) is 6.17. The van der Waals surface area contributed by atoms with Gasteiger partial charge < -0.3 is 10.5 Å². The first-order valence-corrected chi connectivity index (χ1v) is 7.49. The summed E-state index contributed by atoms with van der Waals surface area (Å²) in [4.78, 5) is 0.234. The molecule has 0 spiro atoms. The van der Waals surface area contributed by atoms with Crippen LogP contribution in [0, 0.1) is 11.8 Å². The van der Waals surface area contributed by atoms with Crippen molar-refractivity contribution in [2.75, 3.05) is 19.8 Å². The minimum atomic E-state index is -3.48. The summed E-state index contributed by atoms with van der Waals surface area (Å²) < 4.78 is 32.0. The summed E-state index contributed by atoms with van der Waals surface area (Å²) in [7, 11) is -3.48. The zero-order chi connectivity index (χ0) is 13.7. The van der Waals surface area contributed by atoms with E-state index in [2.05, 4.69) is 16.6 Å². The lowest BCUT2D eigenvalue weighted by atomic mass is 10.2. The summed E-state index contributed by atoms with van der Waals surface area (Å²) >= 11 is 0. The topological polar surface area (TPSA) is 81.4 Å². The molecule has 2 rings (SSSR count). The van der Waals surface area contributed by atoms with Crippen LogP contribution >= 0.6 is 0 Å². The largest absolute Gasteiger partial charge is 0.380 e. The van der Waals surface area contributed by atoms with E-state index < -0.39 is 10.0 Å². The number of sulfonamides is 1. The lowest BCUT2D eigenvalue weighted by Crippen LogP contribution is -2.34. The van der Waals surface area contributed by atoms with Crippen LogP contribution in [0.1, 0.15) is 12.0 Å². The van der Waals surface area contributed by atoms with Crippen LogP contribution in [-0.4, -0.2) is 34.2 Å². The van der Waals surface area contributed by atoms with Gasteiger partial charge in [-0.15, -0.1) is 0 Å². The Hall–Kier alpha value is -1.39. The van der Waals surface area contributed by atoms with E-state index in [1.165, 1.54) is 0 Å². The van der Waals surface area contributed by atoms with Crippen molar-refractivity contribution in [2.45, 2.75) is 17.4 Å². The van der Waals surface area contributed by atoms with Crippen LogP contribution in [0.2, 0.25) is 0 Å². The van der Waals surface area contributed by atoms with Crippen molar-refractivity contribution in [3.63, 3.8) is 0 Å². The second-order valence-electron chi connectivity index (χ2n) is 4.21. The molecule has 1 aromatic carbocycles. The first kappa shape index (κ1) is 14.0. The Labute approximate surface area is 113 Å². The van der Waals surface area contributed by atoms with Gasteiger partial charge in [0, 0.05) is 18.2 Å². The van der Waals surface area contributed by atoms with Gasteiger partial charge in [0.1, 0.15) is 0 Å². The molecule has 0 saturated carbocycles. The predicted octanol–water partition coefficient (Wildman–Crippen LogP) is 0.0640. The van der Waals surface area contributed by atoms with E-state index in [4.69, 9.17) is 10.5 Å². The maximum atomic E-state index is 12.1. The first-order valence-electron chi connectivity index (χ1n) is 6.01. The fraction of sp³-hybridized carbons (Fsp3) is 0.385. The molecule has 0 bridgehead atoms. The number of benzene rings is 1. The van der Waals surface area contributed by atoms with E-state index in [0.29, 0.717) is 19.6 Å². The zero-order valence-electron chi connectivity index (χ0n) is 10.4. The summed E-state index contributed by atoms with van der Waals surface area (Å²) in [5.41, 5.74) is 6.02. The van der Waals surface area contributed by atoms with Gasteiger partial charge in [0.2, 0.25) is 10.0 Å². The van der Waals surface area contributed by atoms with Crippen molar-refractivity contribution >= 4 is 10.0 Å². The summed E-state index contributed by atoms with van der Waals surface area (Å²) in [6.45, 7) is 1.31. The van der Waals surface area contributed by atoms with E-state index in [0.717, 1.165) is 5.56 Å². The van der Waals surface area contributed by atoms with E-state index in [-0.39, 0.29) is 17.5 Å². The third-order valence-electron chi connectivity index (χ3n) is 2.75. The Kier molecular flexibility index (Phi) is 4.56. The fourth-order valence-corrected chi connectivity index (χ4v) is 3.04. The maximum absolute atomic E-state index is 12.1. The van der Waals surface area contributed by atoms with Gasteiger partial charge in [-0.05, 0) is 30.7 Å². The number of nitrogens with one attached hydrogen (secondary N) is 1. The van der Waals surface area contributed by atoms with E-state index in [9.17, 15) is 8.42 Å². The molecule has 1 atom stereocenters. The Morgan fingerprint density at radius 1 is 1.37 bits per heavy atom. The average molecular weight is 280 g/mol. The molecule has 1 unspecified atom stereocenters. The smallest absolute Gasteiger partial charge is 0.240 e. The highest BCUT2D eigenvalue weighted by Gasteiger charge is 2.23. The number of nitrogens with two attached hydrogens (primary N) is 1. The lowest BCUT2D eigenvalue weighted by Gasteiger charge is -2.11. The summed E-state index contributed by atoms with van der Waals surface area (Å²) in [6, 6.07) is 6.28. The molecule has 1 aliphatic heterocycles. The lowest BCUT2D eigenvalue weighted by molar-refractivity contribution is 0.192. The van der Waals surface area contributed by atoms with Crippen LogP contribution in [0.5, 0.6) is 0 Å². The molecule has 19 heavy (non-hydrogen) atoms. The van der Waals surface area contributed by atoms with Crippen LogP contribution in [0.4, 0.5) is 0 Å². The normalized spacial score (nSPS) is 18.9. The molecule has 102 valence electrons. The molecule has 5 nitrogen and oxygen atoms in total. The summed E-state index contributed by atoms with van der Waals surface area (Å²) in [5.74, 6) is 5.56. The van der Waals surface area contributed by atoms with Gasteiger partial charge in [0.25, 0.3) is 0 Å². The monoisotopic (exact) mass is 280 g/mol. The molecule has 1 fully saturated rings.